The van der Waals surface area contributed by atoms with Gasteiger partial charge in [0.05, 0.1) is 13.7 Å². The third-order valence-electron chi connectivity index (χ3n) is 4.66. The number of halogens is 1. The van der Waals surface area contributed by atoms with Crippen LogP contribution in [-0.2, 0) is 24.9 Å². The Morgan fingerprint density at radius 1 is 1.17 bits per heavy atom. The van der Waals surface area contributed by atoms with Crippen molar-refractivity contribution in [3.05, 3.63) is 65.6 Å². The van der Waals surface area contributed by atoms with E-state index in [9.17, 15) is 9.18 Å². The van der Waals surface area contributed by atoms with Crippen LogP contribution in [0.25, 0.3) is 0 Å². The van der Waals surface area contributed by atoms with Crippen molar-refractivity contribution in [2.75, 3.05) is 19.0 Å². The van der Waals surface area contributed by atoms with Crippen LogP contribution in [0.15, 0.2) is 48.7 Å². The molecule has 29 heavy (non-hydrogen) atoms. The van der Waals surface area contributed by atoms with Gasteiger partial charge in [-0.1, -0.05) is 12.1 Å². The highest BCUT2D eigenvalue weighted by molar-refractivity contribution is 5.91. The van der Waals surface area contributed by atoms with E-state index in [2.05, 4.69) is 10.4 Å². The summed E-state index contributed by atoms with van der Waals surface area (Å²) in [5, 5.41) is 6.97. The van der Waals surface area contributed by atoms with E-state index in [1.165, 1.54) is 12.1 Å². The normalized spacial score (nSPS) is 13.5. The minimum Gasteiger partial charge on any atom is -0.497 e. The van der Waals surface area contributed by atoms with Crippen LogP contribution >= 0.6 is 0 Å². The molecule has 0 saturated carbocycles. The van der Waals surface area contributed by atoms with Crippen LogP contribution in [0.1, 0.15) is 11.1 Å². The third-order valence-corrected chi connectivity index (χ3v) is 4.66. The summed E-state index contributed by atoms with van der Waals surface area (Å²) >= 11 is 0. The number of hydrogen-bond acceptors (Lipinski definition) is 5. The summed E-state index contributed by atoms with van der Waals surface area (Å²) in [4.78, 5) is 14.5. The van der Waals surface area contributed by atoms with Crippen molar-refractivity contribution in [1.29, 1.82) is 0 Å². The number of fused-ring (bicyclic) bond motifs is 2. The number of benzene rings is 2. The molecule has 2 aromatic carbocycles. The van der Waals surface area contributed by atoms with Crippen molar-refractivity contribution in [2.24, 2.45) is 7.05 Å². The van der Waals surface area contributed by atoms with Crippen LogP contribution in [-0.4, -0.2) is 34.2 Å². The lowest BCUT2D eigenvalue weighted by Crippen LogP contribution is -2.33. The maximum absolute atomic E-state index is 13.8. The molecule has 8 heteroatoms. The molecular formula is C21H21FN4O3. The molecule has 0 fully saturated rings. The molecule has 0 saturated heterocycles. The summed E-state index contributed by atoms with van der Waals surface area (Å²) in [6, 6.07) is 11.7. The summed E-state index contributed by atoms with van der Waals surface area (Å²) in [5.74, 6) is 1.58. The molecule has 3 aromatic rings. The number of carbonyl (C=O) groups is 1. The van der Waals surface area contributed by atoms with Gasteiger partial charge in [0.1, 0.15) is 23.1 Å². The lowest BCUT2D eigenvalue weighted by molar-refractivity contribution is -0.117. The second-order valence-electron chi connectivity index (χ2n) is 6.90. The van der Waals surface area contributed by atoms with Crippen molar-refractivity contribution in [3.8, 4) is 17.2 Å². The number of aryl methyl sites for hydroxylation is 1. The highest BCUT2D eigenvalue weighted by atomic mass is 19.1. The number of amides is 1. The zero-order chi connectivity index (χ0) is 20.4. The van der Waals surface area contributed by atoms with Gasteiger partial charge in [0.2, 0.25) is 5.91 Å². The van der Waals surface area contributed by atoms with Gasteiger partial charge in [-0.3, -0.25) is 14.4 Å². The number of aromatic nitrogens is 2. The predicted molar refractivity (Wildman–Crippen MR) is 105 cm³/mol. The van der Waals surface area contributed by atoms with Gasteiger partial charge in [-0.2, -0.15) is 5.10 Å². The topological polar surface area (TPSA) is 68.6 Å². The molecule has 2 heterocycles. The molecule has 0 bridgehead atoms. The van der Waals surface area contributed by atoms with Gasteiger partial charge in [-0.25, -0.2) is 4.39 Å². The Morgan fingerprint density at radius 2 is 1.90 bits per heavy atom. The first kappa shape index (κ1) is 18.9. The monoisotopic (exact) mass is 396 g/mol. The third kappa shape index (κ3) is 4.38. The van der Waals surface area contributed by atoms with E-state index in [4.69, 9.17) is 9.47 Å². The molecule has 0 spiro atoms. The van der Waals surface area contributed by atoms with Crippen LogP contribution in [0, 0.1) is 5.82 Å². The maximum atomic E-state index is 13.8. The van der Waals surface area contributed by atoms with Crippen molar-refractivity contribution in [1.82, 2.24) is 14.7 Å². The van der Waals surface area contributed by atoms with E-state index in [-0.39, 0.29) is 18.3 Å². The number of nitrogens with zero attached hydrogens (tertiary/aromatic N) is 3. The van der Waals surface area contributed by atoms with Crippen LogP contribution in [0.2, 0.25) is 0 Å². The summed E-state index contributed by atoms with van der Waals surface area (Å²) in [6.45, 7) is 1.08. The first-order valence-electron chi connectivity index (χ1n) is 9.15. The highest BCUT2D eigenvalue weighted by Crippen LogP contribution is 2.35. The Morgan fingerprint density at radius 3 is 2.59 bits per heavy atom. The number of ether oxygens (including phenoxy) is 2. The van der Waals surface area contributed by atoms with E-state index in [1.807, 2.05) is 17.0 Å². The predicted octanol–water partition coefficient (Wildman–Crippen LogP) is 3.31. The van der Waals surface area contributed by atoms with Gasteiger partial charge in [0, 0.05) is 55.7 Å². The lowest BCUT2D eigenvalue weighted by atomic mass is 10.1. The number of methoxy groups -OCH3 is 1. The average molecular weight is 396 g/mol. The molecule has 7 nitrogen and oxygen atoms in total. The van der Waals surface area contributed by atoms with Crippen molar-refractivity contribution < 1.29 is 18.7 Å². The Labute approximate surface area is 167 Å². The van der Waals surface area contributed by atoms with Gasteiger partial charge < -0.3 is 14.8 Å². The smallest absolute Gasteiger partial charge is 0.239 e. The zero-order valence-electron chi connectivity index (χ0n) is 16.2. The number of nitrogens with one attached hydrogen (secondary N) is 1. The standard InChI is InChI=1S/C21H21FN4O3/c1-25-8-7-20(24-25)23-21(27)13-26-11-14-3-5-16(22)9-18(14)29-19-10-17(28-2)6-4-15(19)12-26/h3-10H,11-13H2,1-2H3,(H,23,24,27). The fourth-order valence-electron chi connectivity index (χ4n) is 3.28. The lowest BCUT2D eigenvalue weighted by Gasteiger charge is -2.27. The van der Waals surface area contributed by atoms with Crippen LogP contribution < -0.4 is 14.8 Å². The van der Waals surface area contributed by atoms with Crippen molar-refractivity contribution in [2.45, 2.75) is 13.1 Å². The summed E-state index contributed by atoms with van der Waals surface area (Å²) in [5.41, 5.74) is 1.68. The van der Waals surface area contributed by atoms with Gasteiger partial charge in [-0.15, -0.1) is 0 Å². The molecule has 0 aliphatic carbocycles. The molecule has 0 unspecified atom stereocenters. The second kappa shape index (κ2) is 7.92. The SMILES string of the molecule is COc1ccc2c(c1)Oc1cc(F)ccc1CN(CC(=O)Nc1ccn(C)n1)C2. The number of rotatable bonds is 4. The minimum atomic E-state index is -0.381. The fraction of sp³-hybridized carbons (Fsp3) is 0.238. The minimum absolute atomic E-state index is 0.152. The fourth-order valence-corrected chi connectivity index (χ4v) is 3.28. The molecule has 1 N–H and O–H groups in total. The molecule has 0 radical (unpaired) electrons. The second-order valence-corrected chi connectivity index (χ2v) is 6.90. The first-order chi connectivity index (χ1) is 14.0. The van der Waals surface area contributed by atoms with Gasteiger partial charge in [0.15, 0.2) is 5.82 Å². The van der Waals surface area contributed by atoms with Crippen LogP contribution in [0.4, 0.5) is 10.2 Å². The zero-order valence-corrected chi connectivity index (χ0v) is 16.2. The summed E-state index contributed by atoms with van der Waals surface area (Å²) in [6.07, 6.45) is 1.76. The summed E-state index contributed by atoms with van der Waals surface area (Å²) < 4.78 is 26.7. The largest absolute Gasteiger partial charge is 0.497 e. The number of hydrogen-bond donors (Lipinski definition) is 1. The van der Waals surface area contributed by atoms with Crippen LogP contribution in [0.3, 0.4) is 0 Å². The molecule has 1 aromatic heterocycles. The van der Waals surface area contributed by atoms with E-state index in [0.717, 1.165) is 11.1 Å². The van der Waals surface area contributed by atoms with Crippen molar-refractivity contribution in [3.63, 3.8) is 0 Å². The molecule has 1 amide bonds. The van der Waals surface area contributed by atoms with Crippen LogP contribution in [0.5, 0.6) is 17.2 Å². The van der Waals surface area contributed by atoms with Gasteiger partial charge >= 0.3 is 0 Å². The highest BCUT2D eigenvalue weighted by Gasteiger charge is 2.21. The Bertz CT molecular complexity index is 1050. The number of carbonyl (C=O) groups excluding carboxylic acids is 1. The van der Waals surface area contributed by atoms with Crippen molar-refractivity contribution >= 4 is 11.7 Å². The van der Waals surface area contributed by atoms with Gasteiger partial charge in [-0.05, 0) is 12.1 Å². The molecule has 1 aliphatic rings. The molecule has 1 aliphatic heterocycles. The Kier molecular flexibility index (Phi) is 5.18. The molecule has 0 atom stereocenters. The average Bonchev–Trinajstić information content (AvgIpc) is 3.08. The maximum Gasteiger partial charge on any atom is 0.239 e. The van der Waals surface area contributed by atoms with Gasteiger partial charge in [0.25, 0.3) is 0 Å². The molecule has 4 rings (SSSR count). The van der Waals surface area contributed by atoms with E-state index >= 15 is 0 Å². The Hall–Kier alpha value is -3.39. The molecular weight excluding hydrogens is 375 g/mol. The van der Waals surface area contributed by atoms with E-state index in [1.54, 1.807) is 43.2 Å². The first-order valence-corrected chi connectivity index (χ1v) is 9.15. The Balaban J connectivity index is 1.61. The number of anilines is 1. The van der Waals surface area contributed by atoms with E-state index < -0.39 is 0 Å². The molecule has 150 valence electrons. The summed E-state index contributed by atoms with van der Waals surface area (Å²) in [7, 11) is 3.36. The quantitative estimate of drug-likeness (QED) is 0.733. The van der Waals surface area contributed by atoms with E-state index in [0.29, 0.717) is 36.2 Å².